The molecule has 0 amide bonds. The highest BCUT2D eigenvalue weighted by molar-refractivity contribution is 6.10. The maximum atomic E-state index is 7.86. The summed E-state index contributed by atoms with van der Waals surface area (Å²) >= 11 is 0. The van der Waals surface area contributed by atoms with Crippen molar-refractivity contribution in [2.45, 2.75) is 6.42 Å². The van der Waals surface area contributed by atoms with Crippen molar-refractivity contribution < 1.29 is 0 Å². The largest absolute Gasteiger partial charge is 0.300 e. The summed E-state index contributed by atoms with van der Waals surface area (Å²) < 4.78 is 0. The maximum Gasteiger partial charge on any atom is 0.0612 e. The molecule has 0 radical (unpaired) electrons. The molecule has 0 saturated carbocycles. The van der Waals surface area contributed by atoms with Gasteiger partial charge in [-0.25, -0.2) is 0 Å². The molecule has 3 rings (SSSR count). The van der Waals surface area contributed by atoms with Crippen molar-refractivity contribution in [1.82, 2.24) is 0 Å². The van der Waals surface area contributed by atoms with Crippen LogP contribution in [-0.2, 0) is 6.42 Å². The third kappa shape index (κ3) is 1.28. The van der Waals surface area contributed by atoms with Gasteiger partial charge in [0.1, 0.15) is 0 Å². The highest BCUT2D eigenvalue weighted by Gasteiger charge is 2.10. The van der Waals surface area contributed by atoms with Gasteiger partial charge in [0.2, 0.25) is 0 Å². The average Bonchev–Trinajstić information content (AvgIpc) is 2.27. The van der Waals surface area contributed by atoms with E-state index in [0.717, 1.165) is 12.0 Å². The van der Waals surface area contributed by atoms with Gasteiger partial charge in [0.25, 0.3) is 0 Å². The number of fused-ring (bicyclic) bond motifs is 2. The van der Waals surface area contributed by atoms with Crippen molar-refractivity contribution in [2.75, 3.05) is 0 Å². The molecule has 2 aromatic rings. The number of hydrogen-bond donors (Lipinski definition) is 1. The predicted molar refractivity (Wildman–Crippen MR) is 63.6 cm³/mol. The Bertz CT molecular complexity index is 579. The van der Waals surface area contributed by atoms with Crippen LogP contribution in [0.4, 0.5) is 0 Å². The summed E-state index contributed by atoms with van der Waals surface area (Å²) in [6.45, 7) is 0. The minimum Gasteiger partial charge on any atom is -0.300 e. The zero-order valence-electron chi connectivity index (χ0n) is 8.33. The highest BCUT2D eigenvalue weighted by Crippen LogP contribution is 2.23. The fourth-order valence-corrected chi connectivity index (χ4v) is 2.10. The molecule has 0 aliphatic heterocycles. The van der Waals surface area contributed by atoms with E-state index in [-0.39, 0.29) is 0 Å². The number of benzene rings is 2. The van der Waals surface area contributed by atoms with Crippen LogP contribution >= 0.6 is 0 Å². The molecule has 0 bridgehead atoms. The van der Waals surface area contributed by atoms with Crippen LogP contribution in [0.1, 0.15) is 11.1 Å². The lowest BCUT2D eigenvalue weighted by atomic mass is 9.92. The minimum atomic E-state index is 0.627. The van der Waals surface area contributed by atoms with E-state index in [1.807, 2.05) is 12.1 Å². The molecule has 1 aliphatic carbocycles. The first kappa shape index (κ1) is 8.42. The maximum absolute atomic E-state index is 7.86. The fraction of sp³-hybridized carbons (Fsp3) is 0.0714. The van der Waals surface area contributed by atoms with Crippen LogP contribution in [0.5, 0.6) is 0 Å². The molecule has 0 unspecified atom stereocenters. The molecule has 1 heteroatoms. The van der Waals surface area contributed by atoms with E-state index in [9.17, 15) is 0 Å². The van der Waals surface area contributed by atoms with Crippen LogP contribution in [-0.4, -0.2) is 5.71 Å². The molecular formula is C14H11N. The van der Waals surface area contributed by atoms with Gasteiger partial charge in [0, 0.05) is 5.56 Å². The molecule has 0 fully saturated rings. The Kier molecular flexibility index (Phi) is 1.72. The van der Waals surface area contributed by atoms with Crippen molar-refractivity contribution in [2.24, 2.45) is 0 Å². The first-order chi connectivity index (χ1) is 7.34. The number of nitrogens with one attached hydrogen (secondary N) is 1. The van der Waals surface area contributed by atoms with E-state index in [1.165, 1.54) is 16.3 Å². The Balaban J connectivity index is 2.35. The second kappa shape index (κ2) is 3.06. The molecule has 0 spiro atoms. The molecule has 1 N–H and O–H groups in total. The van der Waals surface area contributed by atoms with E-state index >= 15 is 0 Å². The molecular weight excluding hydrogens is 182 g/mol. The van der Waals surface area contributed by atoms with Gasteiger partial charge in [0.15, 0.2) is 0 Å². The zero-order chi connectivity index (χ0) is 10.3. The first-order valence-electron chi connectivity index (χ1n) is 5.12. The lowest BCUT2D eigenvalue weighted by Gasteiger charge is -2.13. The Morgan fingerprint density at radius 1 is 1.00 bits per heavy atom. The van der Waals surface area contributed by atoms with Crippen LogP contribution in [0.15, 0.2) is 48.6 Å². The number of hydrogen-bond acceptors (Lipinski definition) is 1. The Labute approximate surface area is 88.6 Å². The van der Waals surface area contributed by atoms with Gasteiger partial charge >= 0.3 is 0 Å². The molecule has 1 nitrogen and oxygen atoms in total. The molecule has 0 aromatic heterocycles. The van der Waals surface area contributed by atoms with Crippen LogP contribution in [0.3, 0.4) is 0 Å². The summed E-state index contributed by atoms with van der Waals surface area (Å²) in [4.78, 5) is 0. The molecule has 0 saturated heterocycles. The van der Waals surface area contributed by atoms with E-state index < -0.39 is 0 Å². The van der Waals surface area contributed by atoms with Gasteiger partial charge in [-0.3, -0.25) is 0 Å². The van der Waals surface area contributed by atoms with E-state index in [2.05, 4.69) is 36.4 Å². The average molecular weight is 193 g/mol. The summed E-state index contributed by atoms with van der Waals surface area (Å²) in [6, 6.07) is 12.6. The Morgan fingerprint density at radius 2 is 1.73 bits per heavy atom. The Morgan fingerprint density at radius 3 is 2.53 bits per heavy atom. The Hall–Kier alpha value is -1.89. The van der Waals surface area contributed by atoms with Gasteiger partial charge in [-0.1, -0.05) is 36.4 Å². The quantitative estimate of drug-likeness (QED) is 0.663. The van der Waals surface area contributed by atoms with E-state index in [4.69, 9.17) is 5.41 Å². The van der Waals surface area contributed by atoms with Crippen molar-refractivity contribution in [3.05, 3.63) is 59.7 Å². The van der Waals surface area contributed by atoms with Crippen molar-refractivity contribution in [3.8, 4) is 0 Å². The van der Waals surface area contributed by atoms with Gasteiger partial charge in [0.05, 0.1) is 5.71 Å². The van der Waals surface area contributed by atoms with E-state index in [0.29, 0.717) is 5.71 Å². The second-order valence-corrected chi connectivity index (χ2v) is 3.88. The first-order valence-corrected chi connectivity index (χ1v) is 5.12. The van der Waals surface area contributed by atoms with Gasteiger partial charge in [-0.15, -0.1) is 0 Å². The van der Waals surface area contributed by atoms with Crippen LogP contribution < -0.4 is 0 Å². The third-order valence-corrected chi connectivity index (χ3v) is 2.88. The zero-order valence-corrected chi connectivity index (χ0v) is 8.33. The smallest absolute Gasteiger partial charge is 0.0612 e. The molecule has 72 valence electrons. The minimum absolute atomic E-state index is 0.627. The topological polar surface area (TPSA) is 23.9 Å². The summed E-state index contributed by atoms with van der Waals surface area (Å²) in [5, 5.41) is 10.3. The van der Waals surface area contributed by atoms with Crippen LogP contribution in [0, 0.1) is 5.41 Å². The second-order valence-electron chi connectivity index (χ2n) is 3.88. The van der Waals surface area contributed by atoms with Crippen molar-refractivity contribution in [1.29, 1.82) is 5.41 Å². The normalized spacial score (nSPS) is 14.3. The van der Waals surface area contributed by atoms with E-state index in [1.54, 1.807) is 0 Å². The molecule has 2 aromatic carbocycles. The monoisotopic (exact) mass is 193 g/mol. The lowest BCUT2D eigenvalue weighted by Crippen LogP contribution is -2.05. The lowest BCUT2D eigenvalue weighted by molar-refractivity contribution is 1.24. The molecule has 15 heavy (non-hydrogen) atoms. The standard InChI is InChI=1S/C14H11N/c15-14-7-3-6-12-8-10-4-1-2-5-11(10)9-13(12)14/h1-5,7-9,15H,6H2. The third-order valence-electron chi connectivity index (χ3n) is 2.88. The predicted octanol–water partition coefficient (Wildman–Crippen LogP) is 3.32. The fourth-order valence-electron chi connectivity index (χ4n) is 2.10. The molecule has 1 aliphatic rings. The molecule has 0 heterocycles. The van der Waals surface area contributed by atoms with Gasteiger partial charge in [-0.05, 0) is 34.9 Å². The van der Waals surface area contributed by atoms with Gasteiger partial charge in [-0.2, -0.15) is 0 Å². The van der Waals surface area contributed by atoms with Crippen LogP contribution in [0.2, 0.25) is 0 Å². The van der Waals surface area contributed by atoms with Gasteiger partial charge < -0.3 is 5.41 Å². The van der Waals surface area contributed by atoms with Crippen molar-refractivity contribution in [3.63, 3.8) is 0 Å². The number of allylic oxidation sites excluding steroid dienone is 2. The summed E-state index contributed by atoms with van der Waals surface area (Å²) in [6.07, 6.45) is 4.89. The number of rotatable bonds is 0. The SMILES string of the molecule is N=C1C=CCc2cc3ccccc3cc21. The molecule has 0 atom stereocenters. The van der Waals surface area contributed by atoms with Crippen LogP contribution in [0.25, 0.3) is 10.8 Å². The summed E-state index contributed by atoms with van der Waals surface area (Å²) in [5.74, 6) is 0. The summed E-state index contributed by atoms with van der Waals surface area (Å²) in [7, 11) is 0. The van der Waals surface area contributed by atoms with Crippen molar-refractivity contribution >= 4 is 16.5 Å². The highest BCUT2D eigenvalue weighted by atomic mass is 14.4. The summed E-state index contributed by atoms with van der Waals surface area (Å²) in [5.41, 5.74) is 2.97.